The maximum absolute atomic E-state index is 12.7. The highest BCUT2D eigenvalue weighted by Gasteiger charge is 2.48. The van der Waals surface area contributed by atoms with Crippen LogP contribution < -0.4 is 21.6 Å². The molecule has 4 N–H and O–H groups in total. The molecule has 0 radical (unpaired) electrons. The van der Waals surface area contributed by atoms with E-state index in [1.165, 1.54) is 12.1 Å². The predicted molar refractivity (Wildman–Crippen MR) is 71.0 cm³/mol. The Morgan fingerprint density at radius 3 is 1.88 bits per heavy atom. The molecule has 2 unspecified atom stereocenters. The first-order valence-corrected chi connectivity index (χ1v) is 6.96. The lowest BCUT2D eigenvalue weighted by atomic mass is 9.95. The first-order valence-electron chi connectivity index (χ1n) is 6.96. The number of hydrogen-bond donors (Lipinski definition) is 2. The van der Waals surface area contributed by atoms with Gasteiger partial charge in [0.25, 0.3) is 0 Å². The molecule has 1 amide bonds. The molecule has 3 rings (SSSR count). The normalized spacial score (nSPS) is 22.3. The van der Waals surface area contributed by atoms with E-state index >= 15 is 0 Å². The van der Waals surface area contributed by atoms with Crippen LogP contribution in [0.1, 0.15) is 29.4 Å². The van der Waals surface area contributed by atoms with Crippen molar-refractivity contribution in [3.63, 3.8) is 0 Å². The number of rotatable bonds is 4. The maximum Gasteiger partial charge on any atom is 0.471 e. The van der Waals surface area contributed by atoms with Gasteiger partial charge in [-0.15, -0.1) is 0 Å². The van der Waals surface area contributed by atoms with Gasteiger partial charge in [0.05, 0.1) is 0 Å². The highest BCUT2D eigenvalue weighted by Crippen LogP contribution is 2.49. The zero-order valence-corrected chi connectivity index (χ0v) is 12.2. The molecule has 11 heteroatoms. The van der Waals surface area contributed by atoms with E-state index in [4.69, 9.17) is 21.6 Å². The number of amides is 1. The number of fused-ring (bicyclic) bond motifs is 5. The zero-order chi connectivity index (χ0) is 17.5. The third kappa shape index (κ3) is 2.86. The number of nitrogens with zero attached hydrogens (tertiary/aromatic N) is 1. The van der Waals surface area contributed by atoms with E-state index in [9.17, 15) is 18.0 Å². The Labute approximate surface area is 133 Å². The van der Waals surface area contributed by atoms with E-state index in [0.29, 0.717) is 6.42 Å². The molecule has 0 saturated carbocycles. The van der Waals surface area contributed by atoms with Crippen LogP contribution in [-0.4, -0.2) is 30.1 Å². The van der Waals surface area contributed by atoms with Crippen molar-refractivity contribution in [2.75, 3.05) is 13.1 Å². The van der Waals surface area contributed by atoms with Gasteiger partial charge in [0.2, 0.25) is 11.5 Å². The molecular formula is C13H14F3N3O5. The van der Waals surface area contributed by atoms with Crippen molar-refractivity contribution in [2.45, 2.75) is 24.4 Å². The summed E-state index contributed by atoms with van der Waals surface area (Å²) in [5.41, 5.74) is 1.49. The van der Waals surface area contributed by atoms with Gasteiger partial charge in [-0.1, -0.05) is 9.98 Å². The Hall–Kier alpha value is -2.08. The number of hydrogen-bond acceptors (Lipinski definition) is 7. The second kappa shape index (κ2) is 6.09. The van der Waals surface area contributed by atoms with Crippen molar-refractivity contribution in [1.82, 2.24) is 4.90 Å². The maximum atomic E-state index is 12.7. The summed E-state index contributed by atoms with van der Waals surface area (Å²) in [5.74, 6) is 7.49. The van der Waals surface area contributed by atoms with Crippen LogP contribution in [0.2, 0.25) is 0 Å². The molecule has 24 heavy (non-hydrogen) atoms. The second-order valence-corrected chi connectivity index (χ2v) is 5.62. The third-order valence-electron chi connectivity index (χ3n) is 4.29. The van der Waals surface area contributed by atoms with Crippen molar-refractivity contribution in [1.29, 1.82) is 0 Å². The van der Waals surface area contributed by atoms with Crippen LogP contribution >= 0.6 is 0 Å². The van der Waals surface area contributed by atoms with Crippen molar-refractivity contribution < 1.29 is 37.7 Å². The average molecular weight is 349 g/mol. The lowest BCUT2D eigenvalue weighted by molar-refractivity contribution is -0.233. The van der Waals surface area contributed by atoms with Gasteiger partial charge in [0.1, 0.15) is 0 Å². The van der Waals surface area contributed by atoms with Crippen LogP contribution in [0.5, 0.6) is 11.5 Å². The molecule has 2 bridgehead atoms. The lowest BCUT2D eigenvalue weighted by Crippen LogP contribution is -2.46. The summed E-state index contributed by atoms with van der Waals surface area (Å²) in [7, 11) is 0. The summed E-state index contributed by atoms with van der Waals surface area (Å²) in [5, 5.41) is 0. The molecule has 132 valence electrons. The number of carbonyl (C=O) groups is 1. The van der Waals surface area contributed by atoms with Crippen LogP contribution in [0.15, 0.2) is 12.1 Å². The Kier molecular flexibility index (Phi) is 4.25. The van der Waals surface area contributed by atoms with Crippen molar-refractivity contribution >= 4 is 5.91 Å². The molecular weight excluding hydrogens is 335 g/mol. The van der Waals surface area contributed by atoms with Gasteiger partial charge < -0.3 is 14.7 Å². The van der Waals surface area contributed by atoms with E-state index in [-0.39, 0.29) is 36.4 Å². The predicted octanol–water partition coefficient (Wildman–Crippen LogP) is 1.03. The van der Waals surface area contributed by atoms with Gasteiger partial charge in [-0.2, -0.15) is 25.0 Å². The molecule has 1 aromatic carbocycles. The number of carbonyl (C=O) groups excluding carboxylic acids is 1. The van der Waals surface area contributed by atoms with Crippen molar-refractivity contribution in [3.8, 4) is 11.5 Å². The highest BCUT2D eigenvalue weighted by molar-refractivity contribution is 5.82. The summed E-state index contributed by atoms with van der Waals surface area (Å²) in [6.45, 7) is -0.0588. The van der Waals surface area contributed by atoms with E-state index in [2.05, 4.69) is 9.98 Å². The Balaban J connectivity index is 1.91. The zero-order valence-electron chi connectivity index (χ0n) is 12.2. The Morgan fingerprint density at radius 2 is 1.50 bits per heavy atom. The van der Waals surface area contributed by atoms with Gasteiger partial charge in [-0.25, -0.2) is 0 Å². The highest BCUT2D eigenvalue weighted by atomic mass is 19.4. The monoisotopic (exact) mass is 349 g/mol. The van der Waals surface area contributed by atoms with Crippen LogP contribution in [-0.2, 0) is 14.8 Å². The van der Waals surface area contributed by atoms with Gasteiger partial charge >= 0.3 is 12.1 Å². The quantitative estimate of drug-likeness (QED) is 0.617. The van der Waals surface area contributed by atoms with Crippen molar-refractivity contribution in [2.24, 2.45) is 11.8 Å². The molecule has 1 heterocycles. The fraction of sp³-hybridized carbons (Fsp3) is 0.462. The van der Waals surface area contributed by atoms with Crippen LogP contribution in [0.3, 0.4) is 0 Å². The van der Waals surface area contributed by atoms with Crippen molar-refractivity contribution in [3.05, 3.63) is 23.3 Å². The topological polar surface area (TPSA) is 109 Å². The fourth-order valence-electron chi connectivity index (χ4n) is 3.43. The SMILES string of the molecule is NOOc1cc2c(cc1OON)C1CC2CN(C(=O)C(F)(F)F)C1. The minimum Gasteiger partial charge on any atom is -0.334 e. The third-order valence-corrected chi connectivity index (χ3v) is 4.29. The molecule has 8 nitrogen and oxygen atoms in total. The summed E-state index contributed by atoms with van der Waals surface area (Å²) < 4.78 is 38.0. The van der Waals surface area contributed by atoms with Crippen LogP contribution in [0.25, 0.3) is 0 Å². The molecule has 2 atom stereocenters. The van der Waals surface area contributed by atoms with E-state index in [1.54, 1.807) is 0 Å². The first-order chi connectivity index (χ1) is 11.3. The van der Waals surface area contributed by atoms with Crippen LogP contribution in [0.4, 0.5) is 13.2 Å². The number of likely N-dealkylation sites (tertiary alicyclic amines) is 1. The molecule has 0 aromatic heterocycles. The molecule has 1 aliphatic heterocycles. The minimum atomic E-state index is -4.90. The molecule has 1 aromatic rings. The summed E-state index contributed by atoms with van der Waals surface area (Å²) in [4.78, 5) is 30.0. The minimum absolute atomic E-state index is 0.0294. The molecule has 1 aliphatic carbocycles. The average Bonchev–Trinajstić information content (AvgIpc) is 2.77. The summed E-state index contributed by atoms with van der Waals surface area (Å²) in [6.07, 6.45) is -4.28. The summed E-state index contributed by atoms with van der Waals surface area (Å²) in [6, 6.07) is 3.06. The van der Waals surface area contributed by atoms with Gasteiger partial charge in [0.15, 0.2) is 0 Å². The van der Waals surface area contributed by atoms with Gasteiger partial charge in [-0.3, -0.25) is 4.79 Å². The van der Waals surface area contributed by atoms with E-state index < -0.39 is 12.1 Å². The largest absolute Gasteiger partial charge is 0.471 e. The Morgan fingerprint density at radius 1 is 1.04 bits per heavy atom. The van der Waals surface area contributed by atoms with Crippen LogP contribution in [0, 0.1) is 0 Å². The number of alkyl halides is 3. The second-order valence-electron chi connectivity index (χ2n) is 5.62. The first kappa shape index (κ1) is 16.8. The van der Waals surface area contributed by atoms with E-state index in [0.717, 1.165) is 16.0 Å². The number of piperidine rings is 1. The molecule has 1 fully saturated rings. The van der Waals surface area contributed by atoms with E-state index in [1.807, 2.05) is 0 Å². The van der Waals surface area contributed by atoms with Gasteiger partial charge in [0, 0.05) is 24.9 Å². The number of benzene rings is 1. The fourth-order valence-corrected chi connectivity index (χ4v) is 3.43. The summed E-state index contributed by atoms with van der Waals surface area (Å²) >= 11 is 0. The number of halogens is 3. The standard InChI is InChI=1S/C13H14F3N3O5/c14-13(15,16)12(20)19-4-6-1-7(5-19)9-3-11(22-24-18)10(21-23-17)2-8(6)9/h2-3,6-7H,1,4-5,17-18H2. The molecule has 2 aliphatic rings. The molecule has 1 saturated heterocycles. The lowest BCUT2D eigenvalue weighted by Gasteiger charge is -2.32. The Bertz CT molecular complexity index is 613. The smallest absolute Gasteiger partial charge is 0.334 e. The number of nitrogens with two attached hydrogens (primary N) is 2. The molecule has 0 spiro atoms. The van der Waals surface area contributed by atoms with Gasteiger partial charge in [-0.05, 0) is 29.7 Å².